The van der Waals surface area contributed by atoms with E-state index < -0.39 is 17.9 Å². The van der Waals surface area contributed by atoms with Crippen LogP contribution in [0, 0.1) is 0 Å². The molecule has 0 radical (unpaired) electrons. The molecule has 0 atom stereocenters. The van der Waals surface area contributed by atoms with E-state index in [0.717, 1.165) is 28.3 Å². The quantitative estimate of drug-likeness (QED) is 0.817. The Balaban J connectivity index is 1.65. The Morgan fingerprint density at radius 2 is 1.64 bits per heavy atom. The minimum absolute atomic E-state index is 0.0653. The molecule has 1 aliphatic carbocycles. The third-order valence-electron chi connectivity index (χ3n) is 4.08. The number of hydrogen-bond acceptors (Lipinski definition) is 3. The maximum Gasteiger partial charge on any atom is 0.407 e. The minimum Gasteiger partial charge on any atom is -0.476 e. The number of carboxylic acid groups (broad SMARTS) is 1. The van der Waals surface area contributed by atoms with Crippen LogP contribution in [0.2, 0.25) is 0 Å². The van der Waals surface area contributed by atoms with Crippen LogP contribution in [0.4, 0.5) is 9.18 Å². The number of fused-ring (bicyclic) bond motifs is 3. The number of hydrogen-bond donors (Lipinski definition) is 2. The van der Waals surface area contributed by atoms with Gasteiger partial charge in [0.1, 0.15) is 6.61 Å². The number of rotatable bonds is 5. The normalized spacial score (nSPS) is 13.1. The van der Waals surface area contributed by atoms with Gasteiger partial charge in [-0.3, -0.25) is 0 Å². The van der Waals surface area contributed by atoms with E-state index in [0.29, 0.717) is 0 Å². The Morgan fingerprint density at radius 3 is 2.20 bits per heavy atom. The Bertz CT molecular complexity index is 801. The molecule has 2 N–H and O–H groups in total. The Kier molecular flexibility index (Phi) is 4.79. The summed E-state index contributed by atoms with van der Waals surface area (Å²) in [4.78, 5) is 22.1. The van der Waals surface area contributed by atoms with Crippen LogP contribution in [0.5, 0.6) is 0 Å². The number of halogens is 1. The monoisotopic (exact) mass is 341 g/mol. The van der Waals surface area contributed by atoms with Gasteiger partial charge in [0.15, 0.2) is 0 Å². The maximum absolute atomic E-state index is 12.8. The lowest BCUT2D eigenvalue weighted by atomic mass is 9.98. The number of carbonyl (C=O) groups is 2. The molecule has 1 aliphatic rings. The highest BCUT2D eigenvalue weighted by atomic mass is 19.1. The van der Waals surface area contributed by atoms with E-state index in [1.165, 1.54) is 0 Å². The number of nitrogens with one attached hydrogen (secondary N) is 1. The summed E-state index contributed by atoms with van der Waals surface area (Å²) < 4.78 is 18.0. The molecule has 0 fully saturated rings. The van der Waals surface area contributed by atoms with E-state index in [1.807, 2.05) is 48.5 Å². The van der Waals surface area contributed by atoms with Crippen molar-refractivity contribution in [2.45, 2.75) is 5.92 Å². The summed E-state index contributed by atoms with van der Waals surface area (Å²) >= 11 is 0. The third-order valence-corrected chi connectivity index (χ3v) is 4.08. The zero-order valence-corrected chi connectivity index (χ0v) is 13.2. The van der Waals surface area contributed by atoms with Gasteiger partial charge in [0, 0.05) is 12.5 Å². The van der Waals surface area contributed by atoms with Crippen molar-refractivity contribution in [1.29, 1.82) is 0 Å². The molecule has 0 aliphatic heterocycles. The van der Waals surface area contributed by atoms with E-state index in [2.05, 4.69) is 5.32 Å². The SMILES string of the molecule is O=C(NC/C=C(\F)C(=O)O)OCC1c2ccccc2-c2ccccc21. The summed E-state index contributed by atoms with van der Waals surface area (Å²) in [5, 5.41) is 10.7. The molecule has 0 unspecified atom stereocenters. The first-order chi connectivity index (χ1) is 12.1. The molecule has 25 heavy (non-hydrogen) atoms. The first-order valence-electron chi connectivity index (χ1n) is 7.75. The van der Waals surface area contributed by atoms with Crippen LogP contribution >= 0.6 is 0 Å². The molecule has 0 heterocycles. The fourth-order valence-electron chi connectivity index (χ4n) is 2.96. The molecule has 2 aromatic rings. The van der Waals surface area contributed by atoms with Crippen LogP contribution in [-0.4, -0.2) is 30.3 Å². The third kappa shape index (κ3) is 3.52. The Hall–Kier alpha value is -3.15. The molecule has 5 nitrogen and oxygen atoms in total. The van der Waals surface area contributed by atoms with E-state index in [1.54, 1.807) is 0 Å². The first-order valence-corrected chi connectivity index (χ1v) is 7.75. The van der Waals surface area contributed by atoms with Crippen LogP contribution in [0.1, 0.15) is 17.0 Å². The number of carboxylic acids is 1. The Labute approximate surface area is 143 Å². The fourth-order valence-corrected chi connectivity index (χ4v) is 2.96. The van der Waals surface area contributed by atoms with Crippen molar-refractivity contribution in [2.24, 2.45) is 0 Å². The average Bonchev–Trinajstić information content (AvgIpc) is 2.94. The second-order valence-corrected chi connectivity index (χ2v) is 5.56. The molecular weight excluding hydrogens is 325 g/mol. The molecular formula is C19H16FNO4. The van der Waals surface area contributed by atoms with Gasteiger partial charge < -0.3 is 15.2 Å². The Morgan fingerprint density at radius 1 is 1.08 bits per heavy atom. The van der Waals surface area contributed by atoms with Crippen molar-refractivity contribution < 1.29 is 23.8 Å². The molecule has 128 valence electrons. The number of benzene rings is 2. The molecule has 1 amide bonds. The molecule has 0 saturated heterocycles. The predicted octanol–water partition coefficient (Wildman–Crippen LogP) is 3.46. The minimum atomic E-state index is -1.67. The predicted molar refractivity (Wildman–Crippen MR) is 89.9 cm³/mol. The molecule has 6 heteroatoms. The van der Waals surface area contributed by atoms with E-state index >= 15 is 0 Å². The number of alkyl carbamates (subject to hydrolysis) is 1. The van der Waals surface area contributed by atoms with Gasteiger partial charge >= 0.3 is 12.1 Å². The molecule has 3 rings (SSSR count). The van der Waals surface area contributed by atoms with Crippen LogP contribution < -0.4 is 5.32 Å². The smallest absolute Gasteiger partial charge is 0.407 e. The highest BCUT2D eigenvalue weighted by Gasteiger charge is 2.28. The van der Waals surface area contributed by atoms with Crippen LogP contribution in [-0.2, 0) is 9.53 Å². The van der Waals surface area contributed by atoms with Gasteiger partial charge in [0.25, 0.3) is 0 Å². The first kappa shape index (κ1) is 16.7. The fraction of sp³-hybridized carbons (Fsp3) is 0.158. The van der Waals surface area contributed by atoms with E-state index in [4.69, 9.17) is 9.84 Å². The number of carbonyl (C=O) groups excluding carboxylic acids is 1. The highest BCUT2D eigenvalue weighted by molar-refractivity contribution is 5.84. The zero-order valence-electron chi connectivity index (χ0n) is 13.2. The van der Waals surface area contributed by atoms with Crippen LogP contribution in [0.15, 0.2) is 60.4 Å². The molecule has 0 spiro atoms. The van der Waals surface area contributed by atoms with Gasteiger partial charge in [0.2, 0.25) is 5.83 Å². The highest BCUT2D eigenvalue weighted by Crippen LogP contribution is 2.44. The van der Waals surface area contributed by atoms with Gasteiger partial charge in [-0.15, -0.1) is 0 Å². The standard InChI is InChI=1S/C19H16FNO4/c20-17(18(22)23)9-10-21-19(24)25-11-16-14-7-3-1-5-12(14)13-6-2-4-8-15(13)16/h1-9,16H,10-11H2,(H,21,24)(H,22,23)/b17-9-. The molecule has 2 aromatic carbocycles. The summed E-state index contributed by atoms with van der Waals surface area (Å²) in [6.07, 6.45) is 0.0420. The van der Waals surface area contributed by atoms with Crippen molar-refractivity contribution in [3.63, 3.8) is 0 Å². The lowest BCUT2D eigenvalue weighted by molar-refractivity contribution is -0.134. The number of amides is 1. The second kappa shape index (κ2) is 7.17. The van der Waals surface area contributed by atoms with Crippen LogP contribution in [0.3, 0.4) is 0 Å². The van der Waals surface area contributed by atoms with Crippen molar-refractivity contribution in [2.75, 3.05) is 13.2 Å². The van der Waals surface area contributed by atoms with Crippen LogP contribution in [0.25, 0.3) is 11.1 Å². The van der Waals surface area contributed by atoms with Gasteiger partial charge in [0.05, 0.1) is 0 Å². The van der Waals surface area contributed by atoms with Crippen molar-refractivity contribution in [3.8, 4) is 11.1 Å². The lowest BCUT2D eigenvalue weighted by Crippen LogP contribution is -2.26. The van der Waals surface area contributed by atoms with Crippen molar-refractivity contribution in [3.05, 3.63) is 71.6 Å². The summed E-state index contributed by atoms with van der Waals surface area (Å²) in [5.74, 6) is -3.06. The van der Waals surface area contributed by atoms with E-state index in [-0.39, 0.29) is 19.1 Å². The second-order valence-electron chi connectivity index (χ2n) is 5.56. The maximum atomic E-state index is 12.8. The van der Waals surface area contributed by atoms with Crippen molar-refractivity contribution >= 4 is 12.1 Å². The molecule has 0 aromatic heterocycles. The molecule has 0 saturated carbocycles. The van der Waals surface area contributed by atoms with Gasteiger partial charge in [-0.25, -0.2) is 9.59 Å². The van der Waals surface area contributed by atoms with Gasteiger partial charge in [-0.2, -0.15) is 4.39 Å². The van der Waals surface area contributed by atoms with Gasteiger partial charge in [-0.1, -0.05) is 48.5 Å². The molecule has 0 bridgehead atoms. The number of aliphatic carboxylic acids is 1. The summed E-state index contributed by atoms with van der Waals surface area (Å²) in [6, 6.07) is 15.9. The summed E-state index contributed by atoms with van der Waals surface area (Å²) in [7, 11) is 0. The lowest BCUT2D eigenvalue weighted by Gasteiger charge is -2.14. The van der Waals surface area contributed by atoms with Gasteiger partial charge in [-0.05, 0) is 28.3 Å². The number of ether oxygens (including phenoxy) is 1. The summed E-state index contributed by atoms with van der Waals surface area (Å²) in [5.41, 5.74) is 4.43. The zero-order chi connectivity index (χ0) is 17.8. The topological polar surface area (TPSA) is 75.6 Å². The average molecular weight is 341 g/mol. The van der Waals surface area contributed by atoms with Crippen molar-refractivity contribution in [1.82, 2.24) is 5.32 Å². The summed E-state index contributed by atoms with van der Waals surface area (Å²) in [6.45, 7) is -0.111. The van der Waals surface area contributed by atoms with E-state index in [9.17, 15) is 14.0 Å². The largest absolute Gasteiger partial charge is 0.476 e.